The average molecular weight is 273 g/mol. The molecule has 0 spiro atoms. The fourth-order valence-electron chi connectivity index (χ4n) is 1.80. The van der Waals surface area contributed by atoms with Crippen LogP contribution in [0.3, 0.4) is 0 Å². The number of aromatic nitrogens is 2. The van der Waals surface area contributed by atoms with Crippen LogP contribution in [0.4, 0.5) is 17.5 Å². The molecule has 7 heteroatoms. The molecule has 0 atom stereocenters. The first kappa shape index (κ1) is 13.7. The highest BCUT2D eigenvalue weighted by Crippen LogP contribution is 2.20. The molecule has 0 amide bonds. The molecule has 20 heavy (non-hydrogen) atoms. The monoisotopic (exact) mass is 273 g/mol. The lowest BCUT2D eigenvalue weighted by molar-refractivity contribution is -0.384. The minimum Gasteiger partial charge on any atom is -0.368 e. The summed E-state index contributed by atoms with van der Waals surface area (Å²) < 4.78 is 0. The molecular weight excluding hydrogens is 258 g/mol. The van der Waals surface area contributed by atoms with Gasteiger partial charge in [-0.2, -0.15) is 4.98 Å². The Kier molecular flexibility index (Phi) is 4.43. The molecule has 0 aliphatic carbocycles. The first-order valence-corrected chi connectivity index (χ1v) is 6.21. The summed E-state index contributed by atoms with van der Waals surface area (Å²) in [6.45, 7) is 0.576. The van der Waals surface area contributed by atoms with Gasteiger partial charge in [-0.3, -0.25) is 10.1 Å². The van der Waals surface area contributed by atoms with Crippen molar-refractivity contribution >= 4 is 17.5 Å². The van der Waals surface area contributed by atoms with Gasteiger partial charge in [-0.15, -0.1) is 0 Å². The Labute approximate surface area is 116 Å². The van der Waals surface area contributed by atoms with E-state index in [-0.39, 0.29) is 17.5 Å². The van der Waals surface area contributed by atoms with Crippen LogP contribution in [-0.4, -0.2) is 21.4 Å². The summed E-state index contributed by atoms with van der Waals surface area (Å²) in [5.41, 5.74) is 6.50. The maximum atomic E-state index is 10.8. The Bertz CT molecular complexity index is 589. The Morgan fingerprint density at radius 3 is 2.75 bits per heavy atom. The van der Waals surface area contributed by atoms with Gasteiger partial charge in [0.05, 0.1) is 4.92 Å². The highest BCUT2D eigenvalue weighted by atomic mass is 16.6. The van der Waals surface area contributed by atoms with Gasteiger partial charge < -0.3 is 11.1 Å². The van der Waals surface area contributed by atoms with E-state index < -0.39 is 4.92 Å². The summed E-state index contributed by atoms with van der Waals surface area (Å²) in [5.74, 6) is 0.178. The Morgan fingerprint density at radius 2 is 2.05 bits per heavy atom. The molecule has 7 nitrogen and oxygen atoms in total. The van der Waals surface area contributed by atoms with Crippen LogP contribution in [0.15, 0.2) is 36.5 Å². The molecule has 2 aromatic rings. The van der Waals surface area contributed by atoms with E-state index in [0.717, 1.165) is 19.0 Å². The number of hydrogen-bond acceptors (Lipinski definition) is 6. The van der Waals surface area contributed by atoms with Crippen LogP contribution in [0.2, 0.25) is 0 Å². The molecule has 0 saturated carbocycles. The molecule has 3 N–H and O–H groups in total. The van der Waals surface area contributed by atoms with Gasteiger partial charge in [0.2, 0.25) is 11.8 Å². The highest BCUT2D eigenvalue weighted by Gasteiger charge is 2.15. The van der Waals surface area contributed by atoms with Crippen molar-refractivity contribution in [2.24, 2.45) is 0 Å². The quantitative estimate of drug-likeness (QED) is 0.473. The van der Waals surface area contributed by atoms with Gasteiger partial charge in [-0.25, -0.2) is 4.98 Å². The van der Waals surface area contributed by atoms with E-state index in [1.54, 1.807) is 0 Å². The number of benzene rings is 1. The number of hydrogen-bond donors (Lipinski definition) is 2. The van der Waals surface area contributed by atoms with Crippen molar-refractivity contribution < 1.29 is 4.92 Å². The molecular formula is C13H15N5O2. The van der Waals surface area contributed by atoms with Gasteiger partial charge in [0.1, 0.15) is 6.20 Å². The topological polar surface area (TPSA) is 107 Å². The maximum Gasteiger partial charge on any atom is 0.329 e. The van der Waals surface area contributed by atoms with E-state index >= 15 is 0 Å². The molecule has 2 rings (SSSR count). The van der Waals surface area contributed by atoms with Gasteiger partial charge in [0.15, 0.2) is 0 Å². The lowest BCUT2D eigenvalue weighted by Crippen LogP contribution is -2.09. The average Bonchev–Trinajstić information content (AvgIpc) is 2.44. The second kappa shape index (κ2) is 6.46. The second-order valence-electron chi connectivity index (χ2n) is 4.24. The maximum absolute atomic E-state index is 10.8. The molecule has 0 aliphatic rings. The van der Waals surface area contributed by atoms with E-state index in [1.807, 2.05) is 30.3 Å². The lowest BCUT2D eigenvalue weighted by atomic mass is 10.1. The zero-order valence-electron chi connectivity index (χ0n) is 10.8. The van der Waals surface area contributed by atoms with Gasteiger partial charge in [0, 0.05) is 6.54 Å². The minimum atomic E-state index is -0.529. The van der Waals surface area contributed by atoms with E-state index in [4.69, 9.17) is 5.73 Å². The summed E-state index contributed by atoms with van der Waals surface area (Å²) in [5, 5.41) is 13.8. The Hall–Kier alpha value is -2.70. The van der Waals surface area contributed by atoms with Crippen LogP contribution in [0.1, 0.15) is 12.0 Å². The minimum absolute atomic E-state index is 0.0150. The predicted octanol–water partition coefficient (Wildman–Crippen LogP) is 2.01. The van der Waals surface area contributed by atoms with Crippen molar-refractivity contribution in [1.29, 1.82) is 0 Å². The van der Waals surface area contributed by atoms with Crippen molar-refractivity contribution in [2.45, 2.75) is 12.8 Å². The van der Waals surface area contributed by atoms with Gasteiger partial charge in [-0.05, 0) is 18.4 Å². The van der Waals surface area contributed by atoms with Crippen LogP contribution in [0.5, 0.6) is 0 Å². The molecule has 0 fully saturated rings. The fourth-order valence-corrected chi connectivity index (χ4v) is 1.80. The Morgan fingerprint density at radius 1 is 1.30 bits per heavy atom. The van der Waals surface area contributed by atoms with Crippen LogP contribution in [-0.2, 0) is 6.42 Å². The summed E-state index contributed by atoms with van der Waals surface area (Å²) in [7, 11) is 0. The van der Waals surface area contributed by atoms with Crippen molar-refractivity contribution in [3.63, 3.8) is 0 Å². The highest BCUT2D eigenvalue weighted by molar-refractivity contribution is 5.56. The summed E-state index contributed by atoms with van der Waals surface area (Å²) in [4.78, 5) is 17.8. The number of nitrogens with one attached hydrogen (secondary N) is 1. The smallest absolute Gasteiger partial charge is 0.329 e. The number of nitrogens with zero attached hydrogens (tertiary/aromatic N) is 3. The van der Waals surface area contributed by atoms with Crippen molar-refractivity contribution in [2.75, 3.05) is 17.6 Å². The molecule has 0 saturated heterocycles. The van der Waals surface area contributed by atoms with Crippen molar-refractivity contribution in [3.8, 4) is 0 Å². The molecule has 104 valence electrons. The second-order valence-corrected chi connectivity index (χ2v) is 4.24. The van der Waals surface area contributed by atoms with E-state index in [2.05, 4.69) is 15.3 Å². The predicted molar refractivity (Wildman–Crippen MR) is 76.4 cm³/mol. The number of rotatable bonds is 6. The van der Waals surface area contributed by atoms with Crippen LogP contribution in [0, 0.1) is 10.1 Å². The largest absolute Gasteiger partial charge is 0.368 e. The molecule has 1 aromatic heterocycles. The third-order valence-electron chi connectivity index (χ3n) is 2.76. The van der Waals surface area contributed by atoms with Crippen LogP contribution < -0.4 is 11.1 Å². The Balaban J connectivity index is 1.91. The zero-order valence-corrected chi connectivity index (χ0v) is 10.8. The summed E-state index contributed by atoms with van der Waals surface area (Å²) in [6.07, 6.45) is 2.84. The van der Waals surface area contributed by atoms with Crippen molar-refractivity contribution in [1.82, 2.24) is 9.97 Å². The van der Waals surface area contributed by atoms with Gasteiger partial charge in [-0.1, -0.05) is 30.3 Å². The zero-order chi connectivity index (χ0) is 14.4. The van der Waals surface area contributed by atoms with E-state index in [0.29, 0.717) is 6.54 Å². The number of anilines is 2. The third kappa shape index (κ3) is 3.64. The summed E-state index contributed by atoms with van der Waals surface area (Å²) in [6, 6.07) is 10.0. The SMILES string of the molecule is Nc1ncc([N+](=O)[O-])c(NCCCc2ccccc2)n1. The van der Waals surface area contributed by atoms with Crippen LogP contribution in [0.25, 0.3) is 0 Å². The van der Waals surface area contributed by atoms with E-state index in [1.165, 1.54) is 5.56 Å². The summed E-state index contributed by atoms with van der Waals surface area (Å²) >= 11 is 0. The van der Waals surface area contributed by atoms with Crippen molar-refractivity contribution in [3.05, 3.63) is 52.2 Å². The molecule has 0 unspecified atom stereocenters. The third-order valence-corrected chi connectivity index (χ3v) is 2.76. The number of aryl methyl sites for hydroxylation is 1. The molecule has 1 aromatic carbocycles. The standard InChI is InChI=1S/C13H15N5O2/c14-13-16-9-11(18(19)20)12(17-13)15-8-4-7-10-5-2-1-3-6-10/h1-3,5-6,9H,4,7-8H2,(H3,14,15,16,17). The molecule has 0 bridgehead atoms. The fraction of sp³-hybridized carbons (Fsp3) is 0.231. The first-order chi connectivity index (χ1) is 9.66. The number of nitrogen functional groups attached to an aromatic ring is 1. The lowest BCUT2D eigenvalue weighted by Gasteiger charge is -2.06. The van der Waals surface area contributed by atoms with Gasteiger partial charge >= 0.3 is 5.69 Å². The molecule has 0 aliphatic heterocycles. The molecule has 0 radical (unpaired) electrons. The van der Waals surface area contributed by atoms with E-state index in [9.17, 15) is 10.1 Å². The number of nitro groups is 1. The van der Waals surface area contributed by atoms with Gasteiger partial charge in [0.25, 0.3) is 0 Å². The first-order valence-electron chi connectivity index (χ1n) is 6.21. The van der Waals surface area contributed by atoms with Crippen LogP contribution >= 0.6 is 0 Å². The normalized spacial score (nSPS) is 10.2. The number of nitrogens with two attached hydrogens (primary N) is 1. The molecule has 1 heterocycles.